The third-order valence-electron chi connectivity index (χ3n) is 7.56. The summed E-state index contributed by atoms with van der Waals surface area (Å²) < 4.78 is 56.4. The summed E-state index contributed by atoms with van der Waals surface area (Å²) in [4.78, 5) is 39.7. The second-order valence-corrected chi connectivity index (χ2v) is 10.4. The number of alkyl halides is 3. The number of imide groups is 1. The second-order valence-electron chi connectivity index (χ2n) is 10.4. The average Bonchev–Trinajstić information content (AvgIpc) is 3.53. The maximum Gasteiger partial charge on any atom is 0.435 e. The van der Waals surface area contributed by atoms with Gasteiger partial charge in [-0.05, 0) is 49.0 Å². The van der Waals surface area contributed by atoms with Gasteiger partial charge in [0, 0.05) is 37.4 Å². The Morgan fingerprint density at radius 1 is 1.15 bits per heavy atom. The molecule has 40 heavy (non-hydrogen) atoms. The van der Waals surface area contributed by atoms with Crippen LogP contribution in [0.1, 0.15) is 66.7 Å². The van der Waals surface area contributed by atoms with E-state index in [-0.39, 0.29) is 49.0 Å². The lowest BCUT2D eigenvalue weighted by molar-refractivity contribution is -0.143. The number of rotatable bonds is 9. The maximum atomic E-state index is 14.9. The van der Waals surface area contributed by atoms with Crippen LogP contribution in [0, 0.1) is 11.8 Å². The Balaban J connectivity index is 1.44. The largest absolute Gasteiger partial charge is 0.435 e. The zero-order valence-electron chi connectivity index (χ0n) is 21.6. The molecule has 1 aromatic carbocycles. The summed E-state index contributed by atoms with van der Waals surface area (Å²) in [7, 11) is 0. The van der Waals surface area contributed by atoms with Crippen LogP contribution in [0.2, 0.25) is 0 Å². The number of amides is 3. The van der Waals surface area contributed by atoms with Crippen molar-refractivity contribution in [3.8, 4) is 5.69 Å². The van der Waals surface area contributed by atoms with Crippen molar-refractivity contribution in [2.45, 2.75) is 63.7 Å². The third-order valence-corrected chi connectivity index (χ3v) is 7.56. The summed E-state index contributed by atoms with van der Waals surface area (Å²) in [6.07, 6.45) is 1.91. The molecule has 2 fully saturated rings. The van der Waals surface area contributed by atoms with E-state index < -0.39 is 41.3 Å². The van der Waals surface area contributed by atoms with Crippen molar-refractivity contribution >= 4 is 17.7 Å². The molecular formula is C28H29F4N5O3. The van der Waals surface area contributed by atoms with Gasteiger partial charge in [0.25, 0.3) is 5.91 Å². The number of nitrogens with zero attached hydrogens (tertiary/aromatic N) is 3. The number of carbonyl (C=O) groups is 3. The first kappa shape index (κ1) is 27.8. The monoisotopic (exact) mass is 559 g/mol. The molecule has 1 aliphatic heterocycles. The average molecular weight is 560 g/mol. The number of nitrogens with one attached hydrogen (secondary N) is 1. The van der Waals surface area contributed by atoms with Crippen molar-refractivity contribution in [2.75, 3.05) is 0 Å². The normalized spacial score (nSPS) is 20.4. The van der Waals surface area contributed by atoms with Gasteiger partial charge in [0.1, 0.15) is 11.5 Å². The molecule has 0 bridgehead atoms. The number of nitrogens with two attached hydrogens (primary N) is 1. The molecule has 2 unspecified atom stereocenters. The number of aromatic nitrogens is 2. The van der Waals surface area contributed by atoms with Crippen LogP contribution in [0.15, 0.2) is 54.0 Å². The van der Waals surface area contributed by atoms with E-state index in [2.05, 4.69) is 10.4 Å². The molecule has 212 valence electrons. The molecule has 0 radical (unpaired) electrons. The number of likely N-dealkylation sites (tertiary alicyclic amines) is 1. The van der Waals surface area contributed by atoms with Crippen molar-refractivity contribution in [1.82, 2.24) is 20.0 Å². The van der Waals surface area contributed by atoms with Crippen LogP contribution in [-0.2, 0) is 22.3 Å². The van der Waals surface area contributed by atoms with Crippen molar-refractivity contribution in [3.05, 3.63) is 71.0 Å². The molecule has 2 aromatic rings. The molecule has 1 aromatic heterocycles. The highest BCUT2D eigenvalue weighted by Gasteiger charge is 2.40. The minimum atomic E-state index is -4.82. The Morgan fingerprint density at radius 3 is 2.52 bits per heavy atom. The predicted octanol–water partition coefficient (Wildman–Crippen LogP) is 4.54. The lowest BCUT2D eigenvalue weighted by Crippen LogP contribution is -2.44. The number of halogens is 4. The molecule has 3 N–H and O–H groups in total. The highest BCUT2D eigenvalue weighted by atomic mass is 19.4. The van der Waals surface area contributed by atoms with Gasteiger partial charge in [0.15, 0.2) is 5.69 Å². The van der Waals surface area contributed by atoms with Crippen molar-refractivity contribution < 1.29 is 31.9 Å². The van der Waals surface area contributed by atoms with Gasteiger partial charge >= 0.3 is 6.18 Å². The molecule has 3 amide bonds. The summed E-state index contributed by atoms with van der Waals surface area (Å²) in [5.74, 6) is -2.23. The zero-order valence-corrected chi connectivity index (χ0v) is 21.6. The highest BCUT2D eigenvalue weighted by molar-refractivity contribution is 6.02. The van der Waals surface area contributed by atoms with Crippen molar-refractivity contribution in [2.24, 2.45) is 17.6 Å². The highest BCUT2D eigenvalue weighted by Crippen LogP contribution is 2.38. The van der Waals surface area contributed by atoms with Gasteiger partial charge in [-0.1, -0.05) is 31.1 Å². The first-order valence-corrected chi connectivity index (χ1v) is 13.3. The molecule has 12 heteroatoms. The first-order chi connectivity index (χ1) is 19.0. The van der Waals surface area contributed by atoms with Crippen LogP contribution >= 0.6 is 0 Å². The topological polar surface area (TPSA) is 110 Å². The fourth-order valence-corrected chi connectivity index (χ4v) is 5.27. The van der Waals surface area contributed by atoms with Gasteiger partial charge in [-0.15, -0.1) is 0 Å². The molecule has 3 aliphatic rings. The van der Waals surface area contributed by atoms with E-state index in [0.29, 0.717) is 24.0 Å². The van der Waals surface area contributed by atoms with E-state index in [1.807, 2.05) is 0 Å². The summed E-state index contributed by atoms with van der Waals surface area (Å²) in [6, 6.07) is 6.35. The fourth-order valence-electron chi connectivity index (χ4n) is 5.27. The molecule has 2 atom stereocenters. The first-order valence-electron chi connectivity index (χ1n) is 13.3. The molecule has 2 aliphatic carbocycles. The van der Waals surface area contributed by atoms with Crippen molar-refractivity contribution in [3.63, 3.8) is 0 Å². The lowest BCUT2D eigenvalue weighted by Gasteiger charge is -2.33. The van der Waals surface area contributed by atoms with Gasteiger partial charge in [-0.3, -0.25) is 19.3 Å². The molecule has 1 saturated carbocycles. The van der Waals surface area contributed by atoms with E-state index in [4.69, 9.17) is 5.73 Å². The minimum Gasteiger partial charge on any atom is -0.326 e. The zero-order chi connectivity index (χ0) is 28.6. The van der Waals surface area contributed by atoms with Gasteiger partial charge in [-0.2, -0.15) is 18.3 Å². The lowest BCUT2D eigenvalue weighted by atomic mass is 9.86. The van der Waals surface area contributed by atoms with Crippen LogP contribution in [0.3, 0.4) is 0 Å². The van der Waals surface area contributed by atoms with E-state index in [0.717, 1.165) is 23.9 Å². The third kappa shape index (κ3) is 5.86. The predicted molar refractivity (Wildman–Crippen MR) is 136 cm³/mol. The maximum absolute atomic E-state index is 14.9. The Morgan fingerprint density at radius 2 is 1.88 bits per heavy atom. The molecule has 2 heterocycles. The van der Waals surface area contributed by atoms with Crippen LogP contribution in [0.25, 0.3) is 5.69 Å². The second kappa shape index (κ2) is 11.0. The fraction of sp³-hybridized carbons (Fsp3) is 0.429. The standard InChI is InChI=1S/C28H29F4N5O3/c29-20-8-7-18(22(9-6-16-4-5-16)36-25(38)10-11-26(36)39)13-21(20)34-27(40)23-14-24(28(30,31)32)35-37(23)19-3-1-2-17(12-19)15-33/h1-3,8,12-14,16,18,22H,4-7,9-11,15,33H2,(H,34,40). The minimum absolute atomic E-state index is 0.122. The summed E-state index contributed by atoms with van der Waals surface area (Å²) in [6.45, 7) is 0.122. The van der Waals surface area contributed by atoms with Gasteiger partial charge < -0.3 is 11.1 Å². The van der Waals surface area contributed by atoms with E-state index in [1.165, 1.54) is 29.2 Å². The van der Waals surface area contributed by atoms with Crippen LogP contribution in [0.5, 0.6) is 0 Å². The van der Waals surface area contributed by atoms with Gasteiger partial charge in [0.05, 0.1) is 11.4 Å². The smallest absolute Gasteiger partial charge is 0.326 e. The number of allylic oxidation sites excluding steroid dienone is 2. The molecule has 5 rings (SSSR count). The molecular weight excluding hydrogens is 530 g/mol. The van der Waals surface area contributed by atoms with Crippen molar-refractivity contribution in [1.29, 1.82) is 0 Å². The van der Waals surface area contributed by atoms with Gasteiger partial charge in [0.2, 0.25) is 11.8 Å². The quantitative estimate of drug-likeness (QED) is 0.346. The Labute approximate surface area is 227 Å². The van der Waals surface area contributed by atoms with Gasteiger partial charge in [-0.25, -0.2) is 9.07 Å². The number of benzene rings is 1. The molecule has 0 spiro atoms. The summed E-state index contributed by atoms with van der Waals surface area (Å²) in [5.41, 5.74) is 4.49. The summed E-state index contributed by atoms with van der Waals surface area (Å²) in [5, 5.41) is 6.00. The van der Waals surface area contributed by atoms with Crippen LogP contribution in [-0.4, -0.2) is 38.4 Å². The van der Waals surface area contributed by atoms with E-state index >= 15 is 0 Å². The Hall–Kier alpha value is -3.80. The van der Waals surface area contributed by atoms with Crippen LogP contribution in [0.4, 0.5) is 17.6 Å². The van der Waals surface area contributed by atoms with E-state index in [1.54, 1.807) is 12.1 Å². The molecule has 8 nitrogen and oxygen atoms in total. The van der Waals surface area contributed by atoms with E-state index in [9.17, 15) is 31.9 Å². The number of carbonyl (C=O) groups excluding carboxylic acids is 3. The molecule has 1 saturated heterocycles. The van der Waals surface area contributed by atoms with Crippen LogP contribution < -0.4 is 11.1 Å². The summed E-state index contributed by atoms with van der Waals surface area (Å²) >= 11 is 0. The SMILES string of the molecule is NCc1cccc(-n2nc(C(F)(F)F)cc2C(=O)NC2=CC(C(CCC3CC3)N3C(=O)CCC3=O)CC=C2F)c1. The Kier molecular flexibility index (Phi) is 7.63. The number of hydrogen-bond donors (Lipinski definition) is 2. The Bertz CT molecular complexity index is 1380. The number of hydrogen-bond acceptors (Lipinski definition) is 5.